The lowest BCUT2D eigenvalue weighted by atomic mass is 9.94. The summed E-state index contributed by atoms with van der Waals surface area (Å²) in [6, 6.07) is 9.04. The summed E-state index contributed by atoms with van der Waals surface area (Å²) in [5.41, 5.74) is 7.08. The van der Waals surface area contributed by atoms with Crippen LogP contribution in [0.5, 0.6) is 0 Å². The van der Waals surface area contributed by atoms with Crippen molar-refractivity contribution in [3.05, 3.63) is 48.0 Å². The van der Waals surface area contributed by atoms with Crippen LogP contribution in [0.2, 0.25) is 0 Å². The van der Waals surface area contributed by atoms with E-state index >= 15 is 0 Å². The van der Waals surface area contributed by atoms with E-state index in [1.54, 1.807) is 0 Å². The van der Waals surface area contributed by atoms with Crippen LogP contribution in [0.25, 0.3) is 0 Å². The Morgan fingerprint density at radius 2 is 2.00 bits per heavy atom. The molecule has 106 valence electrons. The molecule has 2 rings (SSSR count). The third kappa shape index (κ3) is 3.21. The van der Waals surface area contributed by atoms with Crippen LogP contribution in [0.4, 0.5) is 0 Å². The number of hydrogen-bond acceptors (Lipinski definition) is 4. The van der Waals surface area contributed by atoms with E-state index in [4.69, 9.17) is 5.73 Å². The number of amides is 1. The third-order valence-corrected chi connectivity index (χ3v) is 3.34. The maximum absolute atomic E-state index is 12.2. The van der Waals surface area contributed by atoms with Gasteiger partial charge < -0.3 is 11.1 Å². The third-order valence-electron chi connectivity index (χ3n) is 3.34. The van der Waals surface area contributed by atoms with Crippen molar-refractivity contribution in [3.8, 4) is 0 Å². The lowest BCUT2D eigenvalue weighted by molar-refractivity contribution is -0.125. The molecule has 0 aliphatic carbocycles. The van der Waals surface area contributed by atoms with Gasteiger partial charge >= 0.3 is 0 Å². The highest BCUT2D eigenvalue weighted by Gasteiger charge is 2.24. The number of carbonyl (C=O) groups excluding carboxylic acids is 1. The Hall–Kier alpha value is -2.21. The Morgan fingerprint density at radius 3 is 2.60 bits per heavy atom. The first-order chi connectivity index (χ1) is 9.59. The Morgan fingerprint density at radius 1 is 1.30 bits per heavy atom. The summed E-state index contributed by atoms with van der Waals surface area (Å²) in [5.74, 6) is 0.187. The van der Waals surface area contributed by atoms with Crippen LogP contribution >= 0.6 is 0 Å². The van der Waals surface area contributed by atoms with Crippen molar-refractivity contribution in [1.29, 1.82) is 0 Å². The van der Waals surface area contributed by atoms with Gasteiger partial charge in [0, 0.05) is 6.04 Å². The molecule has 0 saturated heterocycles. The summed E-state index contributed by atoms with van der Waals surface area (Å²) in [5, 5.41) is 9.38. The lowest BCUT2D eigenvalue weighted by Gasteiger charge is -2.21. The zero-order valence-electron chi connectivity index (χ0n) is 11.6. The van der Waals surface area contributed by atoms with Gasteiger partial charge in [0.15, 0.2) is 0 Å². The largest absolute Gasteiger partial charge is 0.346 e. The number of nitrogens with zero attached hydrogens (tertiary/aromatic N) is 2. The summed E-state index contributed by atoms with van der Waals surface area (Å²) in [6.45, 7) is 3.67. The average Bonchev–Trinajstić information content (AvgIpc) is 3.01. The van der Waals surface area contributed by atoms with Gasteiger partial charge in [-0.15, -0.1) is 0 Å². The van der Waals surface area contributed by atoms with E-state index in [-0.39, 0.29) is 23.9 Å². The molecule has 6 nitrogen and oxygen atoms in total. The molecule has 3 atom stereocenters. The Balaban J connectivity index is 1.98. The van der Waals surface area contributed by atoms with Gasteiger partial charge in [0.2, 0.25) is 5.91 Å². The van der Waals surface area contributed by atoms with Gasteiger partial charge in [-0.1, -0.05) is 37.3 Å². The summed E-state index contributed by atoms with van der Waals surface area (Å²) in [6.07, 6.45) is 1.41. The SMILES string of the molecule is CC(NC(=O)C(C)C(N)c1ccccc1)c1ncn[nH]1. The number of rotatable bonds is 5. The highest BCUT2D eigenvalue weighted by molar-refractivity contribution is 5.79. The Kier molecular flexibility index (Phi) is 4.47. The number of H-pyrrole nitrogens is 1. The molecule has 0 aliphatic rings. The number of carbonyl (C=O) groups is 1. The van der Waals surface area contributed by atoms with Crippen LogP contribution in [0.1, 0.15) is 37.3 Å². The van der Waals surface area contributed by atoms with Crippen LogP contribution in [0, 0.1) is 5.92 Å². The van der Waals surface area contributed by atoms with Crippen molar-refractivity contribution in [2.75, 3.05) is 0 Å². The molecule has 1 aromatic carbocycles. The van der Waals surface area contributed by atoms with E-state index in [0.29, 0.717) is 5.82 Å². The molecule has 1 heterocycles. The quantitative estimate of drug-likeness (QED) is 0.765. The minimum atomic E-state index is -0.335. The van der Waals surface area contributed by atoms with Crippen LogP contribution in [-0.2, 0) is 4.79 Å². The van der Waals surface area contributed by atoms with Gasteiger partial charge in [-0.2, -0.15) is 5.10 Å². The summed E-state index contributed by atoms with van der Waals surface area (Å²) in [7, 11) is 0. The second kappa shape index (κ2) is 6.29. The first-order valence-corrected chi connectivity index (χ1v) is 6.55. The molecule has 20 heavy (non-hydrogen) atoms. The van der Waals surface area contributed by atoms with Crippen LogP contribution in [0.15, 0.2) is 36.7 Å². The van der Waals surface area contributed by atoms with E-state index in [0.717, 1.165) is 5.56 Å². The monoisotopic (exact) mass is 273 g/mol. The molecule has 0 spiro atoms. The van der Waals surface area contributed by atoms with Crippen molar-refractivity contribution in [1.82, 2.24) is 20.5 Å². The molecule has 4 N–H and O–H groups in total. The van der Waals surface area contributed by atoms with Crippen molar-refractivity contribution < 1.29 is 4.79 Å². The van der Waals surface area contributed by atoms with Crippen LogP contribution in [0.3, 0.4) is 0 Å². The van der Waals surface area contributed by atoms with Crippen LogP contribution in [-0.4, -0.2) is 21.1 Å². The normalized spacial score (nSPS) is 15.3. The van der Waals surface area contributed by atoms with Crippen molar-refractivity contribution in [2.24, 2.45) is 11.7 Å². The second-order valence-corrected chi connectivity index (χ2v) is 4.83. The molecule has 0 saturated carbocycles. The maximum Gasteiger partial charge on any atom is 0.225 e. The highest BCUT2D eigenvalue weighted by Crippen LogP contribution is 2.20. The Labute approximate surface area is 117 Å². The van der Waals surface area contributed by atoms with Crippen molar-refractivity contribution >= 4 is 5.91 Å². The zero-order valence-corrected chi connectivity index (χ0v) is 11.6. The summed E-state index contributed by atoms with van der Waals surface area (Å²) in [4.78, 5) is 16.2. The smallest absolute Gasteiger partial charge is 0.225 e. The van der Waals surface area contributed by atoms with E-state index in [1.807, 2.05) is 44.2 Å². The standard InChI is InChI=1S/C14H19N5O/c1-9(12(15)11-6-4-3-5-7-11)14(20)18-10(2)13-16-8-17-19-13/h3-10,12H,15H2,1-2H3,(H,18,20)(H,16,17,19). The van der Waals surface area contributed by atoms with Crippen molar-refractivity contribution in [3.63, 3.8) is 0 Å². The number of benzene rings is 1. The van der Waals surface area contributed by atoms with E-state index < -0.39 is 0 Å². The highest BCUT2D eigenvalue weighted by atomic mass is 16.2. The fourth-order valence-corrected chi connectivity index (χ4v) is 1.96. The molecule has 1 amide bonds. The molecule has 6 heteroatoms. The fraction of sp³-hybridized carbons (Fsp3) is 0.357. The molecule has 1 aromatic heterocycles. The number of nitrogens with one attached hydrogen (secondary N) is 2. The number of aromatic amines is 1. The molecule has 0 fully saturated rings. The van der Waals surface area contributed by atoms with E-state index in [2.05, 4.69) is 20.5 Å². The average molecular weight is 273 g/mol. The minimum absolute atomic E-state index is 0.106. The van der Waals surface area contributed by atoms with Gasteiger partial charge in [0.1, 0.15) is 12.2 Å². The summed E-state index contributed by atoms with van der Waals surface area (Å²) >= 11 is 0. The lowest BCUT2D eigenvalue weighted by Crippen LogP contribution is -2.37. The first-order valence-electron chi connectivity index (χ1n) is 6.55. The van der Waals surface area contributed by atoms with Crippen molar-refractivity contribution in [2.45, 2.75) is 25.9 Å². The molecule has 0 aliphatic heterocycles. The molecule has 3 unspecified atom stereocenters. The van der Waals surface area contributed by atoms with Gasteiger partial charge in [0.05, 0.1) is 12.0 Å². The number of nitrogens with two attached hydrogens (primary N) is 1. The van der Waals surface area contributed by atoms with Gasteiger partial charge in [-0.3, -0.25) is 9.89 Å². The Bertz CT molecular complexity index is 540. The number of hydrogen-bond donors (Lipinski definition) is 3. The zero-order chi connectivity index (χ0) is 14.5. The predicted octanol–water partition coefficient (Wildman–Crippen LogP) is 1.32. The molecular formula is C14H19N5O. The van der Waals surface area contributed by atoms with Gasteiger partial charge in [-0.25, -0.2) is 4.98 Å². The maximum atomic E-state index is 12.2. The minimum Gasteiger partial charge on any atom is -0.346 e. The topological polar surface area (TPSA) is 96.7 Å². The molecule has 2 aromatic rings. The van der Waals surface area contributed by atoms with Gasteiger partial charge in [0.25, 0.3) is 0 Å². The molecular weight excluding hydrogens is 254 g/mol. The van der Waals surface area contributed by atoms with E-state index in [1.165, 1.54) is 6.33 Å². The molecule has 0 bridgehead atoms. The van der Waals surface area contributed by atoms with Crippen LogP contribution < -0.4 is 11.1 Å². The fourth-order valence-electron chi connectivity index (χ4n) is 1.96. The number of aromatic nitrogens is 3. The van der Waals surface area contributed by atoms with Gasteiger partial charge in [-0.05, 0) is 12.5 Å². The predicted molar refractivity (Wildman–Crippen MR) is 75.5 cm³/mol. The molecule has 0 radical (unpaired) electrons. The summed E-state index contributed by atoms with van der Waals surface area (Å²) < 4.78 is 0. The van der Waals surface area contributed by atoms with E-state index in [9.17, 15) is 4.79 Å². The first kappa shape index (κ1) is 14.2. The second-order valence-electron chi connectivity index (χ2n) is 4.83.